The number of hydrogen-bond acceptors (Lipinski definition) is 5. The summed E-state index contributed by atoms with van der Waals surface area (Å²) in [6.45, 7) is -1.13. The quantitative estimate of drug-likeness (QED) is 0.717. The second kappa shape index (κ2) is 8.98. The fourth-order valence-electron chi connectivity index (χ4n) is 2.31. The van der Waals surface area contributed by atoms with Gasteiger partial charge in [-0.2, -0.15) is 8.78 Å². The van der Waals surface area contributed by atoms with Gasteiger partial charge in [-0.3, -0.25) is 4.79 Å². The molecule has 0 spiro atoms. The molecule has 0 bridgehead atoms. The van der Waals surface area contributed by atoms with Crippen LogP contribution in [0, 0.1) is 0 Å². The van der Waals surface area contributed by atoms with Crippen molar-refractivity contribution in [2.24, 2.45) is 0 Å². The van der Waals surface area contributed by atoms with Crippen LogP contribution in [0.25, 0.3) is 0 Å². The van der Waals surface area contributed by atoms with E-state index in [1.54, 1.807) is 6.92 Å². The summed E-state index contributed by atoms with van der Waals surface area (Å²) < 4.78 is 60.9. The average molecular weight is 414 g/mol. The monoisotopic (exact) mass is 414 g/mol. The highest BCUT2D eigenvalue weighted by Crippen LogP contribution is 2.30. The third-order valence-electron chi connectivity index (χ3n) is 3.61. The summed E-state index contributed by atoms with van der Waals surface area (Å²) in [7, 11) is -1.10. The second-order valence-corrected chi connectivity index (χ2v) is 7.83. The summed E-state index contributed by atoms with van der Waals surface area (Å²) in [4.78, 5) is 12.4. The first-order chi connectivity index (χ1) is 13.2. The van der Waals surface area contributed by atoms with Gasteiger partial charge in [0.2, 0.25) is 10.0 Å². The van der Waals surface area contributed by atoms with Crippen molar-refractivity contribution in [1.29, 1.82) is 0 Å². The van der Waals surface area contributed by atoms with Gasteiger partial charge in [-0.15, -0.1) is 0 Å². The molecule has 0 aliphatic carbocycles. The molecule has 0 aromatic heterocycles. The molecule has 0 radical (unpaired) electrons. The van der Waals surface area contributed by atoms with Gasteiger partial charge in [0, 0.05) is 19.8 Å². The number of sulfonamides is 1. The largest absolute Gasteiger partial charge is 0.492 e. The molecule has 2 aromatic rings. The molecule has 0 saturated carbocycles. The van der Waals surface area contributed by atoms with E-state index in [1.165, 1.54) is 56.6 Å². The molecule has 2 rings (SSSR count). The molecule has 7 nitrogen and oxygen atoms in total. The SMILES string of the molecule is CCOc1ccc(NC(=O)c2ccccc2OC(F)F)cc1S(=O)(=O)N(C)C. The highest BCUT2D eigenvalue weighted by atomic mass is 32.2. The van der Waals surface area contributed by atoms with Crippen LogP contribution in [0.5, 0.6) is 11.5 Å². The number of carbonyl (C=O) groups excluding carboxylic acids is 1. The molecule has 0 heterocycles. The summed E-state index contributed by atoms with van der Waals surface area (Å²) in [6.07, 6.45) is 0. The predicted molar refractivity (Wildman–Crippen MR) is 99.5 cm³/mol. The number of nitrogens with one attached hydrogen (secondary N) is 1. The number of anilines is 1. The van der Waals surface area contributed by atoms with Crippen LogP contribution < -0.4 is 14.8 Å². The zero-order valence-electron chi connectivity index (χ0n) is 15.5. The first-order valence-electron chi connectivity index (χ1n) is 8.21. The van der Waals surface area contributed by atoms with Crippen LogP contribution in [0.1, 0.15) is 17.3 Å². The predicted octanol–water partition coefficient (Wildman–Crippen LogP) is 3.19. The number of halogens is 2. The van der Waals surface area contributed by atoms with E-state index < -0.39 is 22.5 Å². The Morgan fingerprint density at radius 3 is 2.43 bits per heavy atom. The molecule has 0 aliphatic rings. The summed E-state index contributed by atoms with van der Waals surface area (Å²) in [6, 6.07) is 9.61. The highest BCUT2D eigenvalue weighted by molar-refractivity contribution is 7.89. The van der Waals surface area contributed by atoms with E-state index in [4.69, 9.17) is 4.74 Å². The van der Waals surface area contributed by atoms with Crippen LogP contribution in [0.15, 0.2) is 47.4 Å². The number of benzene rings is 2. The van der Waals surface area contributed by atoms with E-state index in [2.05, 4.69) is 10.1 Å². The van der Waals surface area contributed by atoms with E-state index in [0.717, 1.165) is 4.31 Å². The highest BCUT2D eigenvalue weighted by Gasteiger charge is 2.24. The van der Waals surface area contributed by atoms with E-state index in [1.807, 2.05) is 0 Å². The lowest BCUT2D eigenvalue weighted by Gasteiger charge is -2.17. The Morgan fingerprint density at radius 2 is 1.82 bits per heavy atom. The van der Waals surface area contributed by atoms with E-state index in [0.29, 0.717) is 0 Å². The molecule has 152 valence electrons. The van der Waals surface area contributed by atoms with Gasteiger partial charge in [0.1, 0.15) is 16.4 Å². The van der Waals surface area contributed by atoms with Crippen molar-refractivity contribution in [1.82, 2.24) is 4.31 Å². The number of para-hydroxylation sites is 1. The molecular weight excluding hydrogens is 394 g/mol. The van der Waals surface area contributed by atoms with Crippen molar-refractivity contribution in [3.05, 3.63) is 48.0 Å². The van der Waals surface area contributed by atoms with Crippen LogP contribution >= 0.6 is 0 Å². The molecule has 0 atom stereocenters. The lowest BCUT2D eigenvalue weighted by Crippen LogP contribution is -2.23. The van der Waals surface area contributed by atoms with Crippen LogP contribution in [0.3, 0.4) is 0 Å². The van der Waals surface area contributed by atoms with Crippen LogP contribution in [0.4, 0.5) is 14.5 Å². The maximum absolute atomic E-state index is 12.5. The number of rotatable bonds is 8. The Kier molecular flexibility index (Phi) is 6.92. The minimum Gasteiger partial charge on any atom is -0.492 e. The maximum Gasteiger partial charge on any atom is 0.387 e. The summed E-state index contributed by atoms with van der Waals surface area (Å²) >= 11 is 0. The standard InChI is InChI=1S/C18H20F2N2O5S/c1-4-26-15-10-9-12(11-16(15)28(24,25)22(2)3)21-17(23)13-7-5-6-8-14(13)27-18(19)20/h5-11,18H,4H2,1-3H3,(H,21,23). The lowest BCUT2D eigenvalue weighted by atomic mass is 10.2. The van der Waals surface area contributed by atoms with Crippen LogP contribution in [0.2, 0.25) is 0 Å². The minimum absolute atomic E-state index is 0.117. The molecule has 0 aliphatic heterocycles. The minimum atomic E-state index is -3.84. The van der Waals surface area contributed by atoms with Crippen molar-refractivity contribution in [3.8, 4) is 11.5 Å². The number of amides is 1. The molecule has 10 heteroatoms. The smallest absolute Gasteiger partial charge is 0.387 e. The number of ether oxygens (including phenoxy) is 2. The fourth-order valence-corrected chi connectivity index (χ4v) is 3.36. The van der Waals surface area contributed by atoms with E-state index >= 15 is 0 Å². The molecular formula is C18H20F2N2O5S. The molecule has 0 fully saturated rings. The van der Waals surface area contributed by atoms with E-state index in [-0.39, 0.29) is 34.3 Å². The van der Waals surface area contributed by atoms with Crippen LogP contribution in [-0.2, 0) is 10.0 Å². The fraction of sp³-hybridized carbons (Fsp3) is 0.278. The van der Waals surface area contributed by atoms with E-state index in [9.17, 15) is 22.0 Å². The van der Waals surface area contributed by atoms with Gasteiger partial charge >= 0.3 is 6.61 Å². The third kappa shape index (κ3) is 4.96. The Labute approximate surface area is 161 Å². The molecule has 0 saturated heterocycles. The number of hydrogen-bond donors (Lipinski definition) is 1. The second-order valence-electron chi connectivity index (χ2n) is 5.71. The Balaban J connectivity index is 2.39. The van der Waals surface area contributed by atoms with Gasteiger partial charge in [0.05, 0.1) is 12.2 Å². The van der Waals surface area contributed by atoms with Crippen molar-refractivity contribution in [3.63, 3.8) is 0 Å². The number of nitrogens with zero attached hydrogens (tertiary/aromatic N) is 1. The number of alkyl halides is 2. The first kappa shape index (κ1) is 21.6. The van der Waals surface area contributed by atoms with Gasteiger partial charge in [-0.25, -0.2) is 12.7 Å². The van der Waals surface area contributed by atoms with Gasteiger partial charge in [0.15, 0.2) is 0 Å². The van der Waals surface area contributed by atoms with Gasteiger partial charge in [-0.1, -0.05) is 12.1 Å². The lowest BCUT2D eigenvalue weighted by molar-refractivity contribution is -0.0501. The average Bonchev–Trinajstić information content (AvgIpc) is 2.62. The molecule has 1 amide bonds. The zero-order valence-corrected chi connectivity index (χ0v) is 16.3. The van der Waals surface area contributed by atoms with Gasteiger partial charge in [0.25, 0.3) is 5.91 Å². The Hall–Kier alpha value is -2.72. The van der Waals surface area contributed by atoms with Gasteiger partial charge in [-0.05, 0) is 37.3 Å². The Morgan fingerprint density at radius 1 is 1.14 bits per heavy atom. The summed E-state index contributed by atoms with van der Waals surface area (Å²) in [5, 5.41) is 2.49. The Bertz CT molecular complexity index is 949. The number of carbonyl (C=O) groups is 1. The van der Waals surface area contributed by atoms with Crippen LogP contribution in [-0.4, -0.2) is 45.9 Å². The molecule has 2 aromatic carbocycles. The molecule has 1 N–H and O–H groups in total. The molecule has 0 unspecified atom stereocenters. The zero-order chi connectivity index (χ0) is 20.9. The van der Waals surface area contributed by atoms with Crippen molar-refractivity contribution in [2.75, 3.05) is 26.0 Å². The summed E-state index contributed by atoms with van der Waals surface area (Å²) in [5.41, 5.74) is 0.0365. The summed E-state index contributed by atoms with van der Waals surface area (Å²) in [5.74, 6) is -0.883. The van der Waals surface area contributed by atoms with Crippen molar-refractivity contribution >= 4 is 21.6 Å². The molecule has 28 heavy (non-hydrogen) atoms. The van der Waals surface area contributed by atoms with Crippen molar-refractivity contribution in [2.45, 2.75) is 18.4 Å². The van der Waals surface area contributed by atoms with Gasteiger partial charge < -0.3 is 14.8 Å². The maximum atomic E-state index is 12.5. The third-order valence-corrected chi connectivity index (χ3v) is 5.44. The normalized spacial score (nSPS) is 11.5. The topological polar surface area (TPSA) is 84.9 Å². The first-order valence-corrected chi connectivity index (χ1v) is 9.65. The van der Waals surface area contributed by atoms with Crippen molar-refractivity contribution < 1.29 is 31.5 Å².